The third-order valence-corrected chi connectivity index (χ3v) is 6.54. The Kier molecular flexibility index (Phi) is 7.97. The Bertz CT molecular complexity index is 1000. The third-order valence-electron chi connectivity index (χ3n) is 6.54. The number of aliphatic carboxylic acids is 1. The van der Waals surface area contributed by atoms with Gasteiger partial charge in [0.15, 0.2) is 0 Å². The molecular formula is C27H34N2O5. The van der Waals surface area contributed by atoms with Gasteiger partial charge in [-0.25, -0.2) is 4.79 Å². The van der Waals surface area contributed by atoms with Gasteiger partial charge in [0.05, 0.1) is 0 Å². The maximum atomic E-state index is 13.0. The Morgan fingerprint density at radius 1 is 1.03 bits per heavy atom. The van der Waals surface area contributed by atoms with E-state index in [1.54, 1.807) is 13.8 Å². The van der Waals surface area contributed by atoms with Gasteiger partial charge in [-0.2, -0.15) is 0 Å². The molecule has 7 heteroatoms. The summed E-state index contributed by atoms with van der Waals surface area (Å²) in [6, 6.07) is 15.4. The van der Waals surface area contributed by atoms with Crippen LogP contribution in [-0.4, -0.2) is 41.3 Å². The monoisotopic (exact) mass is 466 g/mol. The molecule has 0 saturated heterocycles. The van der Waals surface area contributed by atoms with Crippen LogP contribution in [0.1, 0.15) is 64.0 Å². The molecule has 34 heavy (non-hydrogen) atoms. The number of hydrogen-bond acceptors (Lipinski definition) is 4. The van der Waals surface area contributed by atoms with Crippen LogP contribution in [0.5, 0.6) is 0 Å². The van der Waals surface area contributed by atoms with Gasteiger partial charge in [0.25, 0.3) is 0 Å². The number of amides is 2. The SMILES string of the molecule is CCC(C)[C@H](NC(=O)OCC1c2ccccc2-c2ccccc21)C(=O)NC(C)(C)CCC(=O)O. The molecule has 2 aromatic rings. The Morgan fingerprint density at radius 3 is 2.12 bits per heavy atom. The van der Waals surface area contributed by atoms with Crippen molar-refractivity contribution in [1.29, 1.82) is 0 Å². The molecule has 2 aromatic carbocycles. The summed E-state index contributed by atoms with van der Waals surface area (Å²) >= 11 is 0. The summed E-state index contributed by atoms with van der Waals surface area (Å²) in [6.07, 6.45) is 0.260. The van der Waals surface area contributed by atoms with Crippen molar-refractivity contribution in [3.8, 4) is 11.1 Å². The molecule has 0 bridgehead atoms. The quantitative estimate of drug-likeness (QED) is 0.471. The number of alkyl carbamates (subject to hydrolysis) is 1. The minimum absolute atomic E-state index is 0.0545. The number of carbonyl (C=O) groups excluding carboxylic acids is 2. The summed E-state index contributed by atoms with van der Waals surface area (Å²) in [7, 11) is 0. The van der Waals surface area contributed by atoms with Gasteiger partial charge >= 0.3 is 12.1 Å². The lowest BCUT2D eigenvalue weighted by molar-refractivity contribution is -0.138. The number of carboxylic acids is 1. The van der Waals surface area contributed by atoms with Gasteiger partial charge in [-0.1, -0.05) is 68.8 Å². The first-order valence-electron chi connectivity index (χ1n) is 11.8. The second kappa shape index (κ2) is 10.7. The molecule has 0 radical (unpaired) electrons. The largest absolute Gasteiger partial charge is 0.481 e. The van der Waals surface area contributed by atoms with E-state index in [4.69, 9.17) is 9.84 Å². The van der Waals surface area contributed by atoms with Crippen molar-refractivity contribution in [2.45, 2.75) is 64.5 Å². The van der Waals surface area contributed by atoms with E-state index in [2.05, 4.69) is 34.9 Å². The lowest BCUT2D eigenvalue weighted by atomic mass is 9.94. The first-order chi connectivity index (χ1) is 16.1. The van der Waals surface area contributed by atoms with Crippen molar-refractivity contribution >= 4 is 18.0 Å². The number of fused-ring (bicyclic) bond motifs is 3. The molecule has 2 amide bonds. The molecule has 2 atom stereocenters. The summed E-state index contributed by atoms with van der Waals surface area (Å²) in [5.74, 6) is -1.46. The molecule has 0 saturated carbocycles. The predicted octanol–water partition coefficient (Wildman–Crippen LogP) is 4.70. The highest BCUT2D eigenvalue weighted by atomic mass is 16.5. The van der Waals surface area contributed by atoms with Crippen molar-refractivity contribution in [2.24, 2.45) is 5.92 Å². The topological polar surface area (TPSA) is 105 Å². The van der Waals surface area contributed by atoms with E-state index in [0.717, 1.165) is 22.3 Å². The highest BCUT2D eigenvalue weighted by Gasteiger charge is 2.32. The fraction of sp³-hybridized carbons (Fsp3) is 0.444. The summed E-state index contributed by atoms with van der Waals surface area (Å²) in [5.41, 5.74) is 3.81. The van der Waals surface area contributed by atoms with Gasteiger partial charge in [0.2, 0.25) is 5.91 Å². The molecule has 0 fully saturated rings. The number of benzene rings is 2. The van der Waals surface area contributed by atoms with E-state index in [1.807, 2.05) is 38.1 Å². The molecule has 3 rings (SSSR count). The molecule has 7 nitrogen and oxygen atoms in total. The Morgan fingerprint density at radius 2 is 1.59 bits per heavy atom. The van der Waals surface area contributed by atoms with Crippen LogP contribution in [0.25, 0.3) is 11.1 Å². The van der Waals surface area contributed by atoms with Crippen molar-refractivity contribution in [2.75, 3.05) is 6.61 Å². The van der Waals surface area contributed by atoms with Crippen LogP contribution in [0.2, 0.25) is 0 Å². The summed E-state index contributed by atoms with van der Waals surface area (Å²) in [6.45, 7) is 7.54. The minimum atomic E-state index is -0.919. The molecule has 182 valence electrons. The zero-order chi connectivity index (χ0) is 24.9. The van der Waals surface area contributed by atoms with E-state index >= 15 is 0 Å². The lowest BCUT2D eigenvalue weighted by Crippen LogP contribution is -2.55. The number of carbonyl (C=O) groups is 3. The van der Waals surface area contributed by atoms with E-state index in [0.29, 0.717) is 6.42 Å². The van der Waals surface area contributed by atoms with E-state index in [9.17, 15) is 14.4 Å². The van der Waals surface area contributed by atoms with Crippen molar-refractivity contribution in [3.63, 3.8) is 0 Å². The summed E-state index contributed by atoms with van der Waals surface area (Å²) in [4.78, 5) is 36.7. The molecule has 1 aliphatic carbocycles. The van der Waals surface area contributed by atoms with Gasteiger partial charge in [-0.3, -0.25) is 9.59 Å². The number of nitrogens with one attached hydrogen (secondary N) is 2. The van der Waals surface area contributed by atoms with Crippen molar-refractivity contribution < 1.29 is 24.2 Å². The first-order valence-corrected chi connectivity index (χ1v) is 11.8. The van der Waals surface area contributed by atoms with E-state index < -0.39 is 23.6 Å². The highest BCUT2D eigenvalue weighted by molar-refractivity contribution is 5.86. The van der Waals surface area contributed by atoms with Crippen molar-refractivity contribution in [3.05, 3.63) is 59.7 Å². The third kappa shape index (κ3) is 5.95. The van der Waals surface area contributed by atoms with Crippen LogP contribution >= 0.6 is 0 Å². The van der Waals surface area contributed by atoms with Crippen LogP contribution in [-0.2, 0) is 14.3 Å². The Balaban J connectivity index is 1.66. The normalized spacial score (nSPS) is 14.5. The van der Waals surface area contributed by atoms with Gasteiger partial charge < -0.3 is 20.5 Å². The van der Waals surface area contributed by atoms with Crippen LogP contribution < -0.4 is 10.6 Å². The molecule has 0 heterocycles. The number of hydrogen-bond donors (Lipinski definition) is 3. The molecule has 1 unspecified atom stereocenters. The van der Waals surface area contributed by atoms with E-state index in [-0.39, 0.29) is 37.2 Å². The highest BCUT2D eigenvalue weighted by Crippen LogP contribution is 2.44. The van der Waals surface area contributed by atoms with Crippen LogP contribution in [0.4, 0.5) is 4.79 Å². The summed E-state index contributed by atoms with van der Waals surface area (Å²) in [5, 5.41) is 14.6. The van der Waals surface area contributed by atoms with Crippen LogP contribution in [0.15, 0.2) is 48.5 Å². The summed E-state index contributed by atoms with van der Waals surface area (Å²) < 4.78 is 5.62. The minimum Gasteiger partial charge on any atom is -0.481 e. The average Bonchev–Trinajstić information content (AvgIpc) is 3.13. The van der Waals surface area contributed by atoms with Crippen LogP contribution in [0, 0.1) is 5.92 Å². The molecular weight excluding hydrogens is 432 g/mol. The first kappa shape index (κ1) is 25.3. The zero-order valence-corrected chi connectivity index (χ0v) is 20.3. The zero-order valence-electron chi connectivity index (χ0n) is 20.3. The van der Waals surface area contributed by atoms with Gasteiger partial charge in [0.1, 0.15) is 12.6 Å². The fourth-order valence-electron chi connectivity index (χ4n) is 4.36. The van der Waals surface area contributed by atoms with Gasteiger partial charge in [-0.15, -0.1) is 0 Å². The predicted molar refractivity (Wildman–Crippen MR) is 131 cm³/mol. The smallest absolute Gasteiger partial charge is 0.407 e. The second-order valence-corrected chi connectivity index (χ2v) is 9.60. The molecule has 0 aromatic heterocycles. The lowest BCUT2D eigenvalue weighted by Gasteiger charge is -2.30. The maximum Gasteiger partial charge on any atom is 0.407 e. The fourth-order valence-corrected chi connectivity index (χ4v) is 4.36. The maximum absolute atomic E-state index is 13.0. The van der Waals surface area contributed by atoms with E-state index in [1.165, 1.54) is 0 Å². The standard InChI is InChI=1S/C27H34N2O5/c1-5-17(2)24(25(32)29-27(3,4)15-14-23(30)31)28-26(33)34-16-22-20-12-8-6-10-18(20)19-11-7-9-13-21(19)22/h6-13,17,22,24H,5,14-16H2,1-4H3,(H,28,33)(H,29,32)(H,30,31)/t17?,24-/m0/s1. The Hall–Kier alpha value is -3.35. The number of carboxylic acid groups (broad SMARTS) is 1. The molecule has 0 aliphatic heterocycles. The molecule has 0 spiro atoms. The molecule has 3 N–H and O–H groups in total. The van der Waals surface area contributed by atoms with Crippen molar-refractivity contribution in [1.82, 2.24) is 10.6 Å². The Labute approximate surface area is 200 Å². The van der Waals surface area contributed by atoms with Crippen LogP contribution in [0.3, 0.4) is 0 Å². The molecule has 1 aliphatic rings. The number of rotatable bonds is 10. The second-order valence-electron chi connectivity index (χ2n) is 9.60. The van der Waals surface area contributed by atoms with Gasteiger partial charge in [0, 0.05) is 17.9 Å². The average molecular weight is 467 g/mol. The number of ether oxygens (including phenoxy) is 1. The van der Waals surface area contributed by atoms with Gasteiger partial charge in [-0.05, 0) is 48.4 Å².